The lowest BCUT2D eigenvalue weighted by atomic mass is 10.1. The first kappa shape index (κ1) is 14.7. The Morgan fingerprint density at radius 3 is 2.75 bits per heavy atom. The molecule has 1 fully saturated rings. The average Bonchev–Trinajstić information content (AvgIpc) is 2.63. The fourth-order valence-corrected chi connectivity index (χ4v) is 2.52. The number of rotatable bonds is 2. The molecule has 1 aliphatic rings. The van der Waals surface area contributed by atoms with Crippen molar-refractivity contribution in [2.45, 2.75) is 6.42 Å². The third-order valence-corrected chi connectivity index (χ3v) is 3.81. The van der Waals surface area contributed by atoms with Crippen molar-refractivity contribution in [1.29, 1.82) is 0 Å². The molecule has 1 amide bonds. The van der Waals surface area contributed by atoms with E-state index >= 15 is 0 Å². The zero-order chi connectivity index (χ0) is 14.7. The van der Waals surface area contributed by atoms with Gasteiger partial charge in [-0.3, -0.25) is 14.9 Å². The maximum absolute atomic E-state index is 12.5. The molecule has 0 bridgehead atoms. The van der Waals surface area contributed by atoms with Crippen molar-refractivity contribution in [3.63, 3.8) is 0 Å². The molecule has 0 aliphatic carbocycles. The molecule has 0 N–H and O–H groups in total. The number of carbonyl (C=O) groups excluding carboxylic acids is 1. The van der Waals surface area contributed by atoms with Gasteiger partial charge in [-0.05, 0) is 26.1 Å². The molecule has 2 rings (SSSR count). The molecule has 20 heavy (non-hydrogen) atoms. The van der Waals surface area contributed by atoms with E-state index in [0.717, 1.165) is 19.5 Å². The fraction of sp³-hybridized carbons (Fsp3) is 0.462. The zero-order valence-corrected chi connectivity index (χ0v) is 12.0. The fourth-order valence-electron chi connectivity index (χ4n) is 2.25. The van der Waals surface area contributed by atoms with Crippen LogP contribution in [-0.2, 0) is 0 Å². The second kappa shape index (κ2) is 6.19. The third-order valence-electron chi connectivity index (χ3n) is 3.41. The van der Waals surface area contributed by atoms with Gasteiger partial charge in [-0.2, -0.15) is 0 Å². The molecule has 0 atom stereocenters. The smallest absolute Gasteiger partial charge is 0.288 e. The summed E-state index contributed by atoms with van der Waals surface area (Å²) in [6.07, 6.45) is 0.884. The van der Waals surface area contributed by atoms with Crippen LogP contribution in [0.15, 0.2) is 18.2 Å². The monoisotopic (exact) mass is 297 g/mol. The Morgan fingerprint density at radius 2 is 2.05 bits per heavy atom. The molecule has 0 spiro atoms. The van der Waals surface area contributed by atoms with Crippen molar-refractivity contribution < 1.29 is 9.72 Å². The van der Waals surface area contributed by atoms with Crippen molar-refractivity contribution in [3.8, 4) is 0 Å². The van der Waals surface area contributed by atoms with E-state index in [9.17, 15) is 14.9 Å². The number of hydrogen-bond acceptors (Lipinski definition) is 4. The van der Waals surface area contributed by atoms with Crippen LogP contribution in [-0.4, -0.2) is 53.9 Å². The molecule has 0 aromatic heterocycles. The molecule has 1 aromatic rings. The molecule has 0 saturated carbocycles. The summed E-state index contributed by atoms with van der Waals surface area (Å²) in [5.74, 6) is -0.242. The number of nitro benzene ring substituents is 1. The number of benzene rings is 1. The van der Waals surface area contributed by atoms with Gasteiger partial charge in [0, 0.05) is 25.7 Å². The summed E-state index contributed by atoms with van der Waals surface area (Å²) in [6, 6.07) is 4.32. The summed E-state index contributed by atoms with van der Waals surface area (Å²) in [6.45, 7) is 2.97. The number of likely N-dealkylation sites (N-methyl/N-ethyl adjacent to an activating group) is 1. The summed E-state index contributed by atoms with van der Waals surface area (Å²) < 4.78 is 0. The number of nitro groups is 1. The third kappa shape index (κ3) is 3.08. The first-order valence-electron chi connectivity index (χ1n) is 6.41. The summed E-state index contributed by atoms with van der Waals surface area (Å²) in [7, 11) is 2.01. The second-order valence-electron chi connectivity index (χ2n) is 4.84. The van der Waals surface area contributed by atoms with Crippen LogP contribution in [0.2, 0.25) is 5.02 Å². The van der Waals surface area contributed by atoms with E-state index in [1.54, 1.807) is 4.90 Å². The Bertz CT molecular complexity index is 536. The van der Waals surface area contributed by atoms with Gasteiger partial charge in [0.1, 0.15) is 5.02 Å². The van der Waals surface area contributed by atoms with E-state index in [0.29, 0.717) is 13.1 Å². The largest absolute Gasteiger partial charge is 0.337 e. The lowest BCUT2D eigenvalue weighted by Crippen LogP contribution is -2.34. The van der Waals surface area contributed by atoms with Gasteiger partial charge in [0.05, 0.1) is 10.5 Å². The van der Waals surface area contributed by atoms with Gasteiger partial charge in [0.2, 0.25) is 0 Å². The molecule has 7 heteroatoms. The summed E-state index contributed by atoms with van der Waals surface area (Å²) in [5.41, 5.74) is -0.0325. The normalized spacial score (nSPS) is 16.8. The van der Waals surface area contributed by atoms with Crippen LogP contribution in [0.25, 0.3) is 0 Å². The Hall–Kier alpha value is -1.66. The van der Waals surface area contributed by atoms with Crippen molar-refractivity contribution in [2.24, 2.45) is 0 Å². The predicted molar refractivity (Wildman–Crippen MR) is 76.1 cm³/mol. The van der Waals surface area contributed by atoms with Crippen LogP contribution < -0.4 is 0 Å². The topological polar surface area (TPSA) is 66.7 Å². The van der Waals surface area contributed by atoms with Crippen LogP contribution in [0.1, 0.15) is 16.8 Å². The Balaban J connectivity index is 2.25. The SMILES string of the molecule is CN1CCCN(C(=O)c2cccc([N+](=O)[O-])c2Cl)CC1. The number of nitrogens with zero attached hydrogens (tertiary/aromatic N) is 3. The number of amides is 1. The summed E-state index contributed by atoms with van der Waals surface area (Å²) in [5, 5.41) is 10.8. The Labute approximate surface area is 122 Å². The molecule has 1 aromatic carbocycles. The van der Waals surface area contributed by atoms with Crippen LogP contribution in [0.4, 0.5) is 5.69 Å². The van der Waals surface area contributed by atoms with E-state index in [4.69, 9.17) is 11.6 Å². The lowest BCUT2D eigenvalue weighted by Gasteiger charge is -2.21. The molecule has 1 aliphatic heterocycles. The van der Waals surface area contributed by atoms with Gasteiger partial charge in [0.25, 0.3) is 11.6 Å². The quantitative estimate of drug-likeness (QED) is 0.619. The highest BCUT2D eigenvalue weighted by molar-refractivity contribution is 6.35. The van der Waals surface area contributed by atoms with Gasteiger partial charge in [-0.15, -0.1) is 0 Å². The maximum Gasteiger partial charge on any atom is 0.288 e. The number of carbonyl (C=O) groups is 1. The van der Waals surface area contributed by atoms with Crippen molar-refractivity contribution in [2.75, 3.05) is 33.2 Å². The average molecular weight is 298 g/mol. The molecule has 0 unspecified atom stereocenters. The maximum atomic E-state index is 12.5. The minimum Gasteiger partial charge on any atom is -0.337 e. The van der Waals surface area contributed by atoms with Crippen LogP contribution in [0.5, 0.6) is 0 Å². The summed E-state index contributed by atoms with van der Waals surface area (Å²) in [4.78, 5) is 26.6. The van der Waals surface area contributed by atoms with E-state index in [1.165, 1.54) is 18.2 Å². The minimum atomic E-state index is -0.574. The van der Waals surface area contributed by atoms with E-state index in [-0.39, 0.29) is 22.2 Å². The number of hydrogen-bond donors (Lipinski definition) is 0. The highest BCUT2D eigenvalue weighted by Crippen LogP contribution is 2.28. The molecule has 1 saturated heterocycles. The van der Waals surface area contributed by atoms with Crippen molar-refractivity contribution in [1.82, 2.24) is 9.80 Å². The molecule has 0 radical (unpaired) electrons. The molecular formula is C13H16ClN3O3. The van der Waals surface area contributed by atoms with Crippen molar-refractivity contribution in [3.05, 3.63) is 38.9 Å². The number of halogens is 1. The van der Waals surface area contributed by atoms with Crippen LogP contribution in [0.3, 0.4) is 0 Å². The second-order valence-corrected chi connectivity index (χ2v) is 5.22. The first-order chi connectivity index (χ1) is 9.50. The first-order valence-corrected chi connectivity index (χ1v) is 6.79. The molecule has 6 nitrogen and oxygen atoms in total. The van der Waals surface area contributed by atoms with Crippen molar-refractivity contribution >= 4 is 23.2 Å². The Kier molecular flexibility index (Phi) is 4.57. The minimum absolute atomic E-state index is 0.0832. The van der Waals surface area contributed by atoms with Crippen LogP contribution in [0, 0.1) is 10.1 Å². The van der Waals surface area contributed by atoms with Gasteiger partial charge < -0.3 is 9.80 Å². The van der Waals surface area contributed by atoms with Gasteiger partial charge in [-0.1, -0.05) is 17.7 Å². The van der Waals surface area contributed by atoms with Gasteiger partial charge in [0.15, 0.2) is 0 Å². The predicted octanol–water partition coefficient (Wildman–Crippen LogP) is 2.03. The van der Waals surface area contributed by atoms with E-state index in [2.05, 4.69) is 4.90 Å². The highest BCUT2D eigenvalue weighted by atomic mass is 35.5. The Morgan fingerprint density at radius 1 is 1.30 bits per heavy atom. The summed E-state index contributed by atoms with van der Waals surface area (Å²) >= 11 is 5.99. The molecule has 1 heterocycles. The van der Waals surface area contributed by atoms with E-state index in [1.807, 2.05) is 7.05 Å². The lowest BCUT2D eigenvalue weighted by molar-refractivity contribution is -0.384. The van der Waals surface area contributed by atoms with Gasteiger partial charge >= 0.3 is 0 Å². The van der Waals surface area contributed by atoms with Gasteiger partial charge in [-0.25, -0.2) is 0 Å². The molecule has 108 valence electrons. The highest BCUT2D eigenvalue weighted by Gasteiger charge is 2.24. The van der Waals surface area contributed by atoms with E-state index < -0.39 is 4.92 Å². The molecular weight excluding hydrogens is 282 g/mol. The standard InChI is InChI=1S/C13H16ClN3O3/c1-15-6-3-7-16(9-8-15)13(18)10-4-2-5-11(12(10)14)17(19)20/h2,4-5H,3,6-9H2,1H3. The zero-order valence-electron chi connectivity index (χ0n) is 11.2. The van der Waals surface area contributed by atoms with Crippen LogP contribution >= 0.6 is 11.6 Å².